The molecule has 13 heavy (non-hydrogen) atoms. The number of allylic oxidation sites excluding steroid dienone is 1. The van der Waals surface area contributed by atoms with Crippen molar-refractivity contribution in [3.63, 3.8) is 0 Å². The standard InChI is InChI=1S/C12H21N/c1-3-9-5-7-11(13)10-6-4-8(2)12(9)10/h3,8-12H,1,4-7,13H2,2H3. The maximum absolute atomic E-state index is 6.16. The number of rotatable bonds is 1. The number of hydrogen-bond acceptors (Lipinski definition) is 1. The maximum atomic E-state index is 6.16. The van der Waals surface area contributed by atoms with E-state index in [1.165, 1.54) is 25.7 Å². The molecule has 0 radical (unpaired) electrons. The van der Waals surface area contributed by atoms with Gasteiger partial charge in [0, 0.05) is 6.04 Å². The van der Waals surface area contributed by atoms with Crippen molar-refractivity contribution in [2.24, 2.45) is 29.4 Å². The van der Waals surface area contributed by atoms with Gasteiger partial charge in [0.05, 0.1) is 0 Å². The molecular formula is C12H21N. The van der Waals surface area contributed by atoms with E-state index in [1.54, 1.807) is 0 Å². The van der Waals surface area contributed by atoms with Crippen molar-refractivity contribution in [2.45, 2.75) is 38.6 Å². The third-order valence-electron chi connectivity index (χ3n) is 4.29. The third-order valence-corrected chi connectivity index (χ3v) is 4.29. The van der Waals surface area contributed by atoms with Crippen LogP contribution in [-0.2, 0) is 0 Å². The molecule has 0 aromatic carbocycles. The summed E-state index contributed by atoms with van der Waals surface area (Å²) in [5.41, 5.74) is 6.16. The van der Waals surface area contributed by atoms with Crippen molar-refractivity contribution in [1.29, 1.82) is 0 Å². The number of fused-ring (bicyclic) bond motifs is 1. The summed E-state index contributed by atoms with van der Waals surface area (Å²) in [5.74, 6) is 3.27. The lowest BCUT2D eigenvalue weighted by atomic mass is 9.69. The van der Waals surface area contributed by atoms with Gasteiger partial charge in [-0.05, 0) is 42.9 Å². The molecule has 2 aliphatic carbocycles. The minimum absolute atomic E-state index is 0.478. The molecule has 74 valence electrons. The molecule has 0 bridgehead atoms. The van der Waals surface area contributed by atoms with Crippen LogP contribution in [0.5, 0.6) is 0 Å². The molecule has 5 atom stereocenters. The van der Waals surface area contributed by atoms with Gasteiger partial charge in [0.2, 0.25) is 0 Å². The summed E-state index contributed by atoms with van der Waals surface area (Å²) >= 11 is 0. The molecule has 0 aromatic rings. The molecule has 0 aromatic heterocycles. The van der Waals surface area contributed by atoms with Crippen molar-refractivity contribution in [2.75, 3.05) is 0 Å². The Bertz CT molecular complexity index is 199. The van der Waals surface area contributed by atoms with Crippen molar-refractivity contribution < 1.29 is 0 Å². The van der Waals surface area contributed by atoms with Gasteiger partial charge in [0.25, 0.3) is 0 Å². The largest absolute Gasteiger partial charge is 0.327 e. The minimum atomic E-state index is 0.478. The molecule has 0 heterocycles. The second-order valence-corrected chi connectivity index (χ2v) is 4.94. The van der Waals surface area contributed by atoms with E-state index in [9.17, 15) is 0 Å². The zero-order valence-corrected chi connectivity index (χ0v) is 8.58. The monoisotopic (exact) mass is 179 g/mol. The predicted octanol–water partition coefficient (Wildman–Crippen LogP) is 2.57. The van der Waals surface area contributed by atoms with Crippen LogP contribution in [-0.4, -0.2) is 6.04 Å². The van der Waals surface area contributed by atoms with E-state index < -0.39 is 0 Å². The van der Waals surface area contributed by atoms with E-state index in [1.807, 2.05) is 0 Å². The topological polar surface area (TPSA) is 26.0 Å². The molecule has 0 spiro atoms. The fraction of sp³-hybridized carbons (Fsp3) is 0.833. The highest BCUT2D eigenvalue weighted by atomic mass is 14.7. The SMILES string of the molecule is C=CC1CCC(N)C2CCC(C)C12. The van der Waals surface area contributed by atoms with E-state index in [4.69, 9.17) is 5.73 Å². The Morgan fingerprint density at radius 1 is 1.23 bits per heavy atom. The summed E-state index contributed by atoms with van der Waals surface area (Å²) in [6.07, 6.45) is 7.40. The van der Waals surface area contributed by atoms with Gasteiger partial charge in [0.15, 0.2) is 0 Å². The second kappa shape index (κ2) is 3.45. The minimum Gasteiger partial charge on any atom is -0.327 e. The summed E-state index contributed by atoms with van der Waals surface area (Å²) in [6.45, 7) is 6.35. The fourth-order valence-corrected chi connectivity index (χ4v) is 3.57. The molecular weight excluding hydrogens is 158 g/mol. The Balaban J connectivity index is 2.16. The second-order valence-electron chi connectivity index (χ2n) is 4.94. The lowest BCUT2D eigenvalue weighted by Gasteiger charge is -2.38. The van der Waals surface area contributed by atoms with Crippen LogP contribution in [0.2, 0.25) is 0 Å². The van der Waals surface area contributed by atoms with Crippen LogP contribution >= 0.6 is 0 Å². The first-order chi connectivity index (χ1) is 6.24. The van der Waals surface area contributed by atoms with Gasteiger partial charge in [-0.1, -0.05) is 19.4 Å². The Labute approximate surface area is 81.4 Å². The van der Waals surface area contributed by atoms with Gasteiger partial charge in [-0.15, -0.1) is 6.58 Å². The molecule has 5 unspecified atom stereocenters. The normalized spacial score (nSPS) is 50.2. The van der Waals surface area contributed by atoms with Gasteiger partial charge in [0.1, 0.15) is 0 Å². The number of hydrogen-bond donors (Lipinski definition) is 1. The van der Waals surface area contributed by atoms with E-state index in [-0.39, 0.29) is 0 Å². The Kier molecular flexibility index (Phi) is 2.46. The van der Waals surface area contributed by atoms with Crippen LogP contribution in [0.1, 0.15) is 32.6 Å². The van der Waals surface area contributed by atoms with Gasteiger partial charge in [-0.2, -0.15) is 0 Å². The van der Waals surface area contributed by atoms with Crippen molar-refractivity contribution in [3.8, 4) is 0 Å². The quantitative estimate of drug-likeness (QED) is 0.615. The van der Waals surface area contributed by atoms with Crippen LogP contribution in [0, 0.1) is 23.7 Å². The molecule has 1 heteroatoms. The van der Waals surface area contributed by atoms with E-state index in [2.05, 4.69) is 19.6 Å². The van der Waals surface area contributed by atoms with Gasteiger partial charge in [-0.25, -0.2) is 0 Å². The maximum Gasteiger partial charge on any atom is 0.00703 e. The summed E-state index contributed by atoms with van der Waals surface area (Å²) < 4.78 is 0. The Hall–Kier alpha value is -0.300. The first-order valence-electron chi connectivity index (χ1n) is 5.62. The molecule has 1 nitrogen and oxygen atoms in total. The fourth-order valence-electron chi connectivity index (χ4n) is 3.57. The molecule has 2 rings (SSSR count). The molecule has 2 saturated carbocycles. The zero-order chi connectivity index (χ0) is 9.42. The molecule has 0 amide bonds. The van der Waals surface area contributed by atoms with Crippen molar-refractivity contribution >= 4 is 0 Å². The molecule has 0 aliphatic heterocycles. The summed E-state index contributed by atoms with van der Waals surface area (Å²) in [7, 11) is 0. The highest BCUT2D eigenvalue weighted by molar-refractivity contribution is 5.00. The molecule has 2 aliphatic rings. The van der Waals surface area contributed by atoms with Crippen LogP contribution in [0.3, 0.4) is 0 Å². The summed E-state index contributed by atoms with van der Waals surface area (Å²) in [6, 6.07) is 0.478. The Morgan fingerprint density at radius 3 is 2.69 bits per heavy atom. The summed E-state index contributed by atoms with van der Waals surface area (Å²) in [5, 5.41) is 0. The average molecular weight is 179 g/mol. The van der Waals surface area contributed by atoms with Gasteiger partial charge in [-0.3, -0.25) is 0 Å². The molecule has 0 saturated heterocycles. The first kappa shape index (κ1) is 9.26. The van der Waals surface area contributed by atoms with Crippen LogP contribution in [0.4, 0.5) is 0 Å². The molecule has 2 N–H and O–H groups in total. The van der Waals surface area contributed by atoms with Crippen molar-refractivity contribution in [3.05, 3.63) is 12.7 Å². The first-order valence-corrected chi connectivity index (χ1v) is 5.62. The van der Waals surface area contributed by atoms with E-state index in [0.29, 0.717) is 6.04 Å². The lowest BCUT2D eigenvalue weighted by Crippen LogP contribution is -2.41. The third kappa shape index (κ3) is 1.43. The van der Waals surface area contributed by atoms with Crippen LogP contribution < -0.4 is 5.73 Å². The van der Waals surface area contributed by atoms with Crippen LogP contribution in [0.15, 0.2) is 12.7 Å². The van der Waals surface area contributed by atoms with Gasteiger partial charge >= 0.3 is 0 Å². The Morgan fingerprint density at radius 2 is 2.00 bits per heavy atom. The van der Waals surface area contributed by atoms with Crippen molar-refractivity contribution in [1.82, 2.24) is 0 Å². The average Bonchev–Trinajstić information content (AvgIpc) is 2.51. The highest BCUT2D eigenvalue weighted by Gasteiger charge is 2.43. The summed E-state index contributed by atoms with van der Waals surface area (Å²) in [4.78, 5) is 0. The highest BCUT2D eigenvalue weighted by Crippen LogP contribution is 2.48. The smallest absolute Gasteiger partial charge is 0.00703 e. The predicted molar refractivity (Wildman–Crippen MR) is 56.3 cm³/mol. The zero-order valence-electron chi connectivity index (χ0n) is 8.58. The lowest BCUT2D eigenvalue weighted by molar-refractivity contribution is 0.159. The molecule has 2 fully saturated rings. The van der Waals surface area contributed by atoms with Crippen LogP contribution in [0.25, 0.3) is 0 Å². The van der Waals surface area contributed by atoms with E-state index in [0.717, 1.165) is 23.7 Å². The van der Waals surface area contributed by atoms with E-state index >= 15 is 0 Å². The number of nitrogens with two attached hydrogens (primary N) is 1. The van der Waals surface area contributed by atoms with Gasteiger partial charge < -0.3 is 5.73 Å².